The van der Waals surface area contributed by atoms with Crippen LogP contribution in [0.5, 0.6) is 11.6 Å². The molecule has 0 radical (unpaired) electrons. The first-order valence-electron chi connectivity index (χ1n) is 14.5. The molecule has 1 aliphatic carbocycles. The van der Waals surface area contributed by atoms with Crippen molar-refractivity contribution in [3.63, 3.8) is 0 Å². The summed E-state index contributed by atoms with van der Waals surface area (Å²) in [6.07, 6.45) is 3.22. The second-order valence-corrected chi connectivity index (χ2v) is 11.6. The second kappa shape index (κ2) is 11.0. The van der Waals surface area contributed by atoms with Crippen LogP contribution in [0.15, 0.2) is 30.3 Å². The van der Waals surface area contributed by atoms with Crippen LogP contribution in [0.3, 0.4) is 0 Å². The molecule has 10 nitrogen and oxygen atoms in total. The minimum Gasteiger partial charge on any atom is -0.494 e. The first-order chi connectivity index (χ1) is 19.8. The lowest BCUT2D eigenvalue weighted by Gasteiger charge is -2.35. The Hall–Kier alpha value is -3.63. The van der Waals surface area contributed by atoms with Crippen LogP contribution >= 0.6 is 0 Å². The second-order valence-electron chi connectivity index (χ2n) is 11.6. The summed E-state index contributed by atoms with van der Waals surface area (Å²) in [6, 6.07) is 9.79. The zero-order chi connectivity index (χ0) is 28.8. The summed E-state index contributed by atoms with van der Waals surface area (Å²) >= 11 is 0. The van der Waals surface area contributed by atoms with Crippen molar-refractivity contribution < 1.29 is 19.0 Å². The third-order valence-electron chi connectivity index (χ3n) is 8.69. The van der Waals surface area contributed by atoms with E-state index >= 15 is 0 Å². The number of rotatable bonds is 8. The van der Waals surface area contributed by atoms with Crippen LogP contribution in [0.4, 0.5) is 0 Å². The number of benzene rings is 1. The molecule has 1 amide bonds. The van der Waals surface area contributed by atoms with Gasteiger partial charge in [-0.25, -0.2) is 4.98 Å². The Labute approximate surface area is 240 Å². The number of carbonyl (C=O) groups excluding carboxylic acids is 1. The van der Waals surface area contributed by atoms with Crippen molar-refractivity contribution in [3.05, 3.63) is 35.9 Å². The van der Waals surface area contributed by atoms with Gasteiger partial charge in [-0.05, 0) is 62.3 Å². The Bertz CT molecular complexity index is 1580. The molecule has 2 fully saturated rings. The molecule has 10 heteroatoms. The van der Waals surface area contributed by atoms with Gasteiger partial charge < -0.3 is 34.0 Å². The Kier molecular flexibility index (Phi) is 7.37. The van der Waals surface area contributed by atoms with Gasteiger partial charge in [0.15, 0.2) is 5.82 Å². The van der Waals surface area contributed by atoms with E-state index in [1.807, 2.05) is 29.2 Å². The van der Waals surface area contributed by atoms with E-state index in [0.29, 0.717) is 54.8 Å². The average molecular weight is 561 g/mol. The van der Waals surface area contributed by atoms with Crippen molar-refractivity contribution in [2.24, 2.45) is 17.6 Å². The summed E-state index contributed by atoms with van der Waals surface area (Å²) < 4.78 is 21.4. The number of aryl methyl sites for hydroxylation is 1. The first kappa shape index (κ1) is 27.5. The van der Waals surface area contributed by atoms with E-state index in [-0.39, 0.29) is 11.9 Å². The number of ether oxygens (including phenoxy) is 3. The highest BCUT2D eigenvalue weighted by molar-refractivity contribution is 6.00. The molecule has 0 bridgehead atoms. The van der Waals surface area contributed by atoms with Crippen molar-refractivity contribution in [2.45, 2.75) is 58.3 Å². The zero-order valence-electron chi connectivity index (χ0n) is 24.6. The number of carbonyl (C=O) groups is 1. The molecule has 6 rings (SSSR count). The molecule has 2 N–H and O–H groups in total. The van der Waals surface area contributed by atoms with Crippen molar-refractivity contribution in [3.8, 4) is 23.1 Å². The van der Waals surface area contributed by atoms with Gasteiger partial charge in [-0.15, -0.1) is 0 Å². The van der Waals surface area contributed by atoms with Crippen LogP contribution in [-0.4, -0.2) is 76.5 Å². The Balaban J connectivity index is 1.50. The number of hydrogen-bond donors (Lipinski definition) is 1. The number of piperidine rings is 1. The predicted octanol–water partition coefficient (Wildman–Crippen LogP) is 4.32. The fraction of sp³-hybridized carbons (Fsp3) is 0.516. The zero-order valence-corrected chi connectivity index (χ0v) is 24.6. The molecule has 2 atom stereocenters. The molecule has 1 aliphatic heterocycles. The molecular formula is C31H40N6O4. The number of aromatic nitrogens is 4. The van der Waals surface area contributed by atoms with Gasteiger partial charge in [-0.2, -0.15) is 4.98 Å². The van der Waals surface area contributed by atoms with Gasteiger partial charge >= 0.3 is 0 Å². The fourth-order valence-corrected chi connectivity index (χ4v) is 6.63. The van der Waals surface area contributed by atoms with E-state index in [2.05, 4.69) is 29.0 Å². The standard InChI is InChI=1S/C31H40N6O4/c1-6-36-25(13-20-7-8-27(41-5)34-29(20)36)30-33-24-12-21(31(38)35-15-18(2)9-22(32)17-35)14-26(40-4)28(24)37(30)16-19-10-23(11-19)39-3/h7-8,12-14,18-19,22-23H,6,9-11,15-17,32H2,1-5H3/t18-,19?,22?,23?/m1/s1. The van der Waals surface area contributed by atoms with Gasteiger partial charge in [0.25, 0.3) is 5.91 Å². The summed E-state index contributed by atoms with van der Waals surface area (Å²) in [5.41, 5.74) is 10.3. The molecule has 1 aromatic carbocycles. The van der Waals surface area contributed by atoms with Crippen LogP contribution in [0.1, 0.15) is 43.5 Å². The van der Waals surface area contributed by atoms with Crippen molar-refractivity contribution in [1.29, 1.82) is 0 Å². The first-order valence-corrected chi connectivity index (χ1v) is 14.5. The third kappa shape index (κ3) is 4.93. The summed E-state index contributed by atoms with van der Waals surface area (Å²) in [4.78, 5) is 25.5. The van der Waals surface area contributed by atoms with Crippen LogP contribution < -0.4 is 15.2 Å². The maximum atomic E-state index is 13.7. The third-order valence-corrected chi connectivity index (χ3v) is 8.69. The number of likely N-dealkylation sites (tertiary alicyclic amines) is 1. The molecule has 1 unspecified atom stereocenters. The fourth-order valence-electron chi connectivity index (χ4n) is 6.63. The van der Waals surface area contributed by atoms with Crippen molar-refractivity contribution in [1.82, 2.24) is 24.0 Å². The smallest absolute Gasteiger partial charge is 0.254 e. The van der Waals surface area contributed by atoms with E-state index < -0.39 is 0 Å². The molecule has 0 spiro atoms. The monoisotopic (exact) mass is 560 g/mol. The van der Waals surface area contributed by atoms with Crippen LogP contribution in [0.2, 0.25) is 0 Å². The van der Waals surface area contributed by atoms with Gasteiger partial charge in [0.2, 0.25) is 5.88 Å². The SMILES string of the molecule is CCn1c(-c2nc3cc(C(=O)N4CC(N)C[C@@H](C)C4)cc(OC)c3n2CC2CC(OC)C2)cc2ccc(OC)nc21. The highest BCUT2D eigenvalue weighted by Crippen LogP contribution is 2.39. The molecule has 1 saturated carbocycles. The van der Waals surface area contributed by atoms with Crippen molar-refractivity contribution >= 4 is 28.0 Å². The Morgan fingerprint density at radius 1 is 1.02 bits per heavy atom. The van der Waals surface area contributed by atoms with Crippen LogP contribution in [0, 0.1) is 11.8 Å². The maximum Gasteiger partial charge on any atom is 0.254 e. The molecule has 1 saturated heterocycles. The highest BCUT2D eigenvalue weighted by atomic mass is 16.5. The number of amides is 1. The van der Waals surface area contributed by atoms with Crippen molar-refractivity contribution in [2.75, 3.05) is 34.4 Å². The van der Waals surface area contributed by atoms with Gasteiger partial charge in [-0.3, -0.25) is 4.79 Å². The summed E-state index contributed by atoms with van der Waals surface area (Å²) in [7, 11) is 5.06. The summed E-state index contributed by atoms with van der Waals surface area (Å²) in [5, 5.41) is 1.02. The number of imidazole rings is 1. The van der Waals surface area contributed by atoms with Gasteiger partial charge in [-0.1, -0.05) is 6.92 Å². The van der Waals surface area contributed by atoms with E-state index in [1.54, 1.807) is 21.3 Å². The Morgan fingerprint density at radius 2 is 1.83 bits per heavy atom. The van der Waals surface area contributed by atoms with E-state index in [4.69, 9.17) is 29.9 Å². The van der Waals surface area contributed by atoms with E-state index in [1.165, 1.54) is 0 Å². The lowest BCUT2D eigenvalue weighted by atomic mass is 9.82. The lowest BCUT2D eigenvalue weighted by Crippen LogP contribution is -2.48. The van der Waals surface area contributed by atoms with Gasteiger partial charge in [0.05, 0.1) is 31.5 Å². The highest BCUT2D eigenvalue weighted by Gasteiger charge is 2.33. The topological polar surface area (TPSA) is 110 Å². The minimum absolute atomic E-state index is 0.0132. The summed E-state index contributed by atoms with van der Waals surface area (Å²) in [6.45, 7) is 6.98. The molecular weight excluding hydrogens is 520 g/mol. The number of methoxy groups -OCH3 is 3. The maximum absolute atomic E-state index is 13.7. The molecule has 41 heavy (non-hydrogen) atoms. The number of pyridine rings is 1. The minimum atomic E-state index is -0.0378. The predicted molar refractivity (Wildman–Crippen MR) is 158 cm³/mol. The molecule has 218 valence electrons. The molecule has 4 heterocycles. The van der Waals surface area contributed by atoms with E-state index in [9.17, 15) is 4.79 Å². The number of hydrogen-bond acceptors (Lipinski definition) is 7. The molecule has 3 aromatic heterocycles. The van der Waals surface area contributed by atoms with Crippen LogP contribution in [0.25, 0.3) is 33.6 Å². The molecule has 2 aliphatic rings. The quantitative estimate of drug-likeness (QED) is 0.342. The summed E-state index contributed by atoms with van der Waals surface area (Å²) in [5.74, 6) is 2.82. The number of nitrogens with two attached hydrogens (primary N) is 1. The van der Waals surface area contributed by atoms with Gasteiger partial charge in [0.1, 0.15) is 16.9 Å². The lowest BCUT2D eigenvalue weighted by molar-refractivity contribution is -0.00392. The van der Waals surface area contributed by atoms with Crippen LogP contribution in [-0.2, 0) is 17.8 Å². The van der Waals surface area contributed by atoms with Gasteiger partial charge in [0, 0.05) is 56.3 Å². The normalized spacial score (nSPS) is 22.7. The molecule has 4 aromatic rings. The number of nitrogens with zero attached hydrogens (tertiary/aromatic N) is 5. The average Bonchev–Trinajstić information content (AvgIpc) is 3.50. The Morgan fingerprint density at radius 3 is 2.51 bits per heavy atom. The van der Waals surface area contributed by atoms with E-state index in [0.717, 1.165) is 59.4 Å². The largest absolute Gasteiger partial charge is 0.494 e. The number of fused-ring (bicyclic) bond motifs is 2.